The summed E-state index contributed by atoms with van der Waals surface area (Å²) in [6.07, 6.45) is 0. The maximum absolute atomic E-state index is 6.59. The van der Waals surface area contributed by atoms with Gasteiger partial charge in [0.15, 0.2) is 0 Å². The van der Waals surface area contributed by atoms with Crippen molar-refractivity contribution >= 4 is 82.6 Å². The molecule has 0 spiro atoms. The molecule has 4 nitrogen and oxygen atoms in total. The monoisotopic (exact) mass is 602 g/mol. The van der Waals surface area contributed by atoms with E-state index in [0.29, 0.717) is 5.71 Å². The number of furan rings is 2. The number of benzene rings is 7. The topological polar surface area (TPSA) is 42.4 Å². The van der Waals surface area contributed by atoms with Crippen LogP contribution in [0.1, 0.15) is 0 Å². The summed E-state index contributed by atoms with van der Waals surface area (Å²) in [5, 5.41) is 8.80. The Kier molecular flexibility index (Phi) is 5.54. The van der Waals surface area contributed by atoms with Gasteiger partial charge in [0.05, 0.1) is 5.69 Å². The van der Waals surface area contributed by atoms with E-state index >= 15 is 0 Å². The van der Waals surface area contributed by atoms with E-state index in [1.54, 1.807) is 0 Å². The predicted molar refractivity (Wildman–Crippen MR) is 194 cm³/mol. The highest BCUT2D eigenvalue weighted by Gasteiger charge is 2.18. The third-order valence-corrected chi connectivity index (χ3v) is 9.24. The third-order valence-electron chi connectivity index (χ3n) is 9.24. The predicted octanol–water partition coefficient (Wildman–Crippen LogP) is 12.3. The van der Waals surface area contributed by atoms with Crippen molar-refractivity contribution in [3.8, 4) is 11.3 Å². The Morgan fingerprint density at radius 2 is 1.06 bits per heavy atom. The van der Waals surface area contributed by atoms with Gasteiger partial charge < -0.3 is 13.7 Å². The van der Waals surface area contributed by atoms with Gasteiger partial charge >= 0.3 is 0 Å². The Labute approximate surface area is 269 Å². The van der Waals surface area contributed by atoms with Gasteiger partial charge in [-0.15, -0.1) is 0 Å². The molecule has 3 heterocycles. The molecule has 0 N–H and O–H groups in total. The number of rotatable bonds is 4. The first-order valence-corrected chi connectivity index (χ1v) is 15.8. The Bertz CT molecular complexity index is 2810. The van der Waals surface area contributed by atoms with Gasteiger partial charge in [0.2, 0.25) is 5.71 Å². The molecule has 0 unspecified atom stereocenters. The third kappa shape index (κ3) is 4.12. The summed E-state index contributed by atoms with van der Waals surface area (Å²) in [5.41, 5.74) is 8.35. The zero-order chi connectivity index (χ0) is 30.9. The summed E-state index contributed by atoms with van der Waals surface area (Å²) in [7, 11) is 0. The van der Waals surface area contributed by atoms with E-state index in [-0.39, 0.29) is 0 Å². The SMILES string of the molecule is c1ccc(-c2ccc3c(n2)oc2c4cc(N(c5ccc6ccccc6c5)c5ccc6oc7ccccc7c6c5)ccc4ccc32)cc1. The number of fused-ring (bicyclic) bond motifs is 9. The van der Waals surface area contributed by atoms with Crippen molar-refractivity contribution in [2.75, 3.05) is 4.90 Å². The van der Waals surface area contributed by atoms with Crippen molar-refractivity contribution in [1.82, 2.24) is 4.98 Å². The molecule has 10 aromatic rings. The highest BCUT2D eigenvalue weighted by Crippen LogP contribution is 2.42. The average molecular weight is 603 g/mol. The van der Waals surface area contributed by atoms with Crippen LogP contribution in [0.4, 0.5) is 17.1 Å². The molecule has 0 aliphatic rings. The van der Waals surface area contributed by atoms with Gasteiger partial charge in [-0.25, -0.2) is 4.98 Å². The fraction of sp³-hybridized carbons (Fsp3) is 0. The van der Waals surface area contributed by atoms with Crippen LogP contribution in [0.25, 0.3) is 76.8 Å². The van der Waals surface area contributed by atoms with Crippen molar-refractivity contribution < 1.29 is 8.83 Å². The second kappa shape index (κ2) is 10.1. The molecular formula is C43H26N2O2. The number of hydrogen-bond donors (Lipinski definition) is 0. The first-order valence-electron chi connectivity index (χ1n) is 15.8. The first-order chi connectivity index (χ1) is 23.3. The van der Waals surface area contributed by atoms with Crippen molar-refractivity contribution in [2.45, 2.75) is 0 Å². The zero-order valence-electron chi connectivity index (χ0n) is 25.2. The quantitative estimate of drug-likeness (QED) is 0.201. The van der Waals surface area contributed by atoms with E-state index < -0.39 is 0 Å². The fourth-order valence-electron chi connectivity index (χ4n) is 6.95. The van der Waals surface area contributed by atoms with Crippen LogP contribution in [0.3, 0.4) is 0 Å². The minimum absolute atomic E-state index is 0.642. The van der Waals surface area contributed by atoms with Gasteiger partial charge in [0, 0.05) is 49.6 Å². The van der Waals surface area contributed by atoms with Crippen LogP contribution in [0, 0.1) is 0 Å². The molecule has 7 aromatic carbocycles. The van der Waals surface area contributed by atoms with Crippen molar-refractivity contribution in [2.24, 2.45) is 0 Å². The molecule has 47 heavy (non-hydrogen) atoms. The van der Waals surface area contributed by atoms with Crippen LogP contribution in [0.15, 0.2) is 167 Å². The first kappa shape index (κ1) is 25.9. The molecule has 0 aliphatic heterocycles. The molecule has 3 aromatic heterocycles. The number of pyridine rings is 1. The van der Waals surface area contributed by atoms with E-state index in [2.05, 4.69) is 132 Å². The Morgan fingerprint density at radius 1 is 0.404 bits per heavy atom. The summed E-state index contributed by atoms with van der Waals surface area (Å²) in [6, 6.07) is 55.2. The largest absolute Gasteiger partial charge is 0.456 e. The number of nitrogens with zero attached hydrogens (tertiary/aromatic N) is 2. The lowest BCUT2D eigenvalue weighted by molar-refractivity contribution is 0.658. The summed E-state index contributed by atoms with van der Waals surface area (Å²) in [6.45, 7) is 0. The molecule has 0 atom stereocenters. The van der Waals surface area contributed by atoms with E-state index in [1.807, 2.05) is 30.3 Å². The van der Waals surface area contributed by atoms with Gasteiger partial charge in [0.1, 0.15) is 16.7 Å². The lowest BCUT2D eigenvalue weighted by atomic mass is 10.0. The molecule has 0 saturated heterocycles. The van der Waals surface area contributed by atoms with Gasteiger partial charge in [-0.3, -0.25) is 0 Å². The standard InChI is InChI=1S/C43H26N2O2/c1-2-9-29(10-3-1)39-22-21-36-35-20-16-28-15-18-32(25-37(28)42(35)47-43(36)44-39)45(31-17-14-27-8-4-5-11-30(27)24-31)33-19-23-41-38(26-33)34-12-6-7-13-40(34)46-41/h1-26H. The summed E-state index contributed by atoms with van der Waals surface area (Å²) in [5.74, 6) is 0. The molecule has 4 heteroatoms. The molecule has 0 bridgehead atoms. The van der Waals surface area contributed by atoms with Crippen LogP contribution in [0.2, 0.25) is 0 Å². The second-order valence-electron chi connectivity index (χ2n) is 12.0. The number of hydrogen-bond acceptors (Lipinski definition) is 4. The Morgan fingerprint density at radius 3 is 1.96 bits per heavy atom. The van der Waals surface area contributed by atoms with Gasteiger partial charge in [-0.1, -0.05) is 91.0 Å². The highest BCUT2D eigenvalue weighted by molar-refractivity contribution is 6.15. The van der Waals surface area contributed by atoms with Crippen molar-refractivity contribution in [3.63, 3.8) is 0 Å². The molecule has 0 aliphatic carbocycles. The lowest BCUT2D eigenvalue weighted by Crippen LogP contribution is -2.09. The van der Waals surface area contributed by atoms with Crippen LogP contribution in [-0.2, 0) is 0 Å². The second-order valence-corrected chi connectivity index (χ2v) is 12.0. The van der Waals surface area contributed by atoms with Crippen LogP contribution >= 0.6 is 0 Å². The average Bonchev–Trinajstić information content (AvgIpc) is 3.70. The van der Waals surface area contributed by atoms with E-state index in [4.69, 9.17) is 13.8 Å². The molecule has 10 rings (SSSR count). The lowest BCUT2D eigenvalue weighted by Gasteiger charge is -2.26. The van der Waals surface area contributed by atoms with Crippen molar-refractivity contribution in [3.05, 3.63) is 158 Å². The molecular weight excluding hydrogens is 576 g/mol. The van der Waals surface area contributed by atoms with Gasteiger partial charge in [-0.2, -0.15) is 0 Å². The zero-order valence-corrected chi connectivity index (χ0v) is 25.2. The van der Waals surface area contributed by atoms with Crippen LogP contribution in [0.5, 0.6) is 0 Å². The van der Waals surface area contributed by atoms with E-state index in [1.165, 1.54) is 10.8 Å². The number of anilines is 3. The normalized spacial score (nSPS) is 11.8. The minimum Gasteiger partial charge on any atom is -0.456 e. The number of para-hydroxylation sites is 1. The maximum Gasteiger partial charge on any atom is 0.227 e. The maximum atomic E-state index is 6.59. The van der Waals surface area contributed by atoms with Crippen LogP contribution < -0.4 is 4.90 Å². The molecule has 0 radical (unpaired) electrons. The summed E-state index contributed by atoms with van der Waals surface area (Å²) in [4.78, 5) is 7.25. The Hall–Kier alpha value is -6.39. The molecule has 0 fully saturated rings. The van der Waals surface area contributed by atoms with Gasteiger partial charge in [-0.05, 0) is 82.9 Å². The summed E-state index contributed by atoms with van der Waals surface area (Å²) >= 11 is 0. The summed E-state index contributed by atoms with van der Waals surface area (Å²) < 4.78 is 12.8. The number of aromatic nitrogens is 1. The molecule has 0 saturated carbocycles. The van der Waals surface area contributed by atoms with Crippen molar-refractivity contribution in [1.29, 1.82) is 0 Å². The smallest absolute Gasteiger partial charge is 0.227 e. The van der Waals surface area contributed by atoms with E-state index in [9.17, 15) is 0 Å². The fourth-order valence-corrected chi connectivity index (χ4v) is 6.95. The molecule has 220 valence electrons. The van der Waals surface area contributed by atoms with Gasteiger partial charge in [0.25, 0.3) is 0 Å². The molecule has 0 amide bonds. The highest BCUT2D eigenvalue weighted by atomic mass is 16.3. The van der Waals surface area contributed by atoms with Crippen LogP contribution in [-0.4, -0.2) is 4.98 Å². The Balaban J connectivity index is 1.20. The minimum atomic E-state index is 0.642. The van der Waals surface area contributed by atoms with E-state index in [0.717, 1.165) is 77.4 Å².